The summed E-state index contributed by atoms with van der Waals surface area (Å²) < 4.78 is 37.2. The van der Waals surface area contributed by atoms with Crippen LogP contribution < -0.4 is 10.6 Å². The van der Waals surface area contributed by atoms with Crippen molar-refractivity contribution in [1.29, 1.82) is 0 Å². The normalized spacial score (nSPS) is 12.2. The Morgan fingerprint density at radius 1 is 1.28 bits per heavy atom. The van der Waals surface area contributed by atoms with E-state index >= 15 is 0 Å². The third-order valence-electron chi connectivity index (χ3n) is 4.16. The van der Waals surface area contributed by atoms with Gasteiger partial charge < -0.3 is 15.6 Å². The van der Waals surface area contributed by atoms with E-state index in [1.807, 2.05) is 5.32 Å². The second kappa shape index (κ2) is 7.51. The van der Waals surface area contributed by atoms with Crippen LogP contribution in [0.4, 0.5) is 19.0 Å². The number of nitrogens with zero attached hydrogens (tertiary/aromatic N) is 3. The van der Waals surface area contributed by atoms with Crippen LogP contribution in [0.1, 0.15) is 23.7 Å². The maximum Gasteiger partial charge on any atom is 0.405 e. The van der Waals surface area contributed by atoms with Gasteiger partial charge in [-0.2, -0.15) is 13.2 Å². The van der Waals surface area contributed by atoms with Gasteiger partial charge in [0.05, 0.1) is 5.02 Å². The van der Waals surface area contributed by atoms with Crippen molar-refractivity contribution in [2.24, 2.45) is 0 Å². The number of aromatic amines is 1. The lowest BCUT2D eigenvalue weighted by Gasteiger charge is -2.27. The van der Waals surface area contributed by atoms with Crippen molar-refractivity contribution >= 4 is 34.4 Å². The van der Waals surface area contributed by atoms with Gasteiger partial charge in [-0.15, -0.1) is 0 Å². The zero-order valence-corrected chi connectivity index (χ0v) is 16.5. The first-order valence-corrected chi connectivity index (χ1v) is 8.94. The van der Waals surface area contributed by atoms with Gasteiger partial charge in [-0.3, -0.25) is 4.79 Å². The standard InChI is InChI=1S/C18H18ClF3N6O.3H2/c1-9-5-23-15(12-7-25-14-11(12)4-10(19)6-24-14)27-13(9)28-17(2,3)16(29)26-8-18(20,21)22;;;/h4-7H,8H2,1-3H3,(H,24,25)(H,26,29)(H,23,27,28);3*1H. The third kappa shape index (κ3) is 4.76. The molecule has 0 aliphatic rings. The maximum atomic E-state index is 12.4. The second-order valence-corrected chi connectivity index (χ2v) is 7.46. The molecule has 0 aromatic carbocycles. The zero-order valence-electron chi connectivity index (χ0n) is 15.8. The first-order chi connectivity index (χ1) is 13.5. The third-order valence-corrected chi connectivity index (χ3v) is 4.36. The Hall–Kier alpha value is -2.88. The molecular weight excluding hydrogens is 409 g/mol. The highest BCUT2D eigenvalue weighted by molar-refractivity contribution is 6.31. The van der Waals surface area contributed by atoms with E-state index in [9.17, 15) is 18.0 Å². The number of H-pyrrole nitrogens is 1. The highest BCUT2D eigenvalue weighted by Gasteiger charge is 2.33. The number of carbonyl (C=O) groups is 1. The summed E-state index contributed by atoms with van der Waals surface area (Å²) in [6, 6.07) is 1.72. The van der Waals surface area contributed by atoms with Crippen molar-refractivity contribution in [3.8, 4) is 11.4 Å². The van der Waals surface area contributed by atoms with Crippen molar-refractivity contribution in [1.82, 2.24) is 25.3 Å². The van der Waals surface area contributed by atoms with E-state index in [-0.39, 0.29) is 4.28 Å². The molecule has 0 unspecified atom stereocenters. The van der Waals surface area contributed by atoms with Crippen LogP contribution in [0.2, 0.25) is 5.02 Å². The molecule has 0 saturated carbocycles. The summed E-state index contributed by atoms with van der Waals surface area (Å²) in [5.41, 5.74) is 0.543. The minimum Gasteiger partial charge on any atom is -0.356 e. The van der Waals surface area contributed by atoms with Crippen LogP contribution in [0.15, 0.2) is 24.7 Å². The van der Waals surface area contributed by atoms with E-state index in [4.69, 9.17) is 11.6 Å². The van der Waals surface area contributed by atoms with Crippen LogP contribution in [0.3, 0.4) is 0 Å². The number of nitrogens with one attached hydrogen (secondary N) is 3. The molecule has 7 nitrogen and oxygen atoms in total. The summed E-state index contributed by atoms with van der Waals surface area (Å²) in [6.07, 6.45) is 0.262. The number of halogens is 4. The fourth-order valence-corrected chi connectivity index (χ4v) is 2.77. The molecule has 0 bridgehead atoms. The maximum absolute atomic E-state index is 12.4. The van der Waals surface area contributed by atoms with Crippen LogP contribution in [0.25, 0.3) is 22.4 Å². The van der Waals surface area contributed by atoms with Crippen LogP contribution in [0, 0.1) is 6.92 Å². The molecule has 0 fully saturated rings. The molecule has 3 aromatic heterocycles. The topological polar surface area (TPSA) is 95.6 Å². The number of aromatic nitrogens is 4. The zero-order chi connectivity index (χ0) is 21.4. The Morgan fingerprint density at radius 2 is 2.00 bits per heavy atom. The minimum absolute atomic E-state index is 0. The Bertz CT molecular complexity index is 1080. The van der Waals surface area contributed by atoms with E-state index in [1.165, 1.54) is 20.0 Å². The van der Waals surface area contributed by atoms with Crippen molar-refractivity contribution in [3.05, 3.63) is 35.2 Å². The summed E-state index contributed by atoms with van der Waals surface area (Å²) in [4.78, 5) is 28.2. The Kier molecular flexibility index (Phi) is 5.40. The smallest absolute Gasteiger partial charge is 0.356 e. The van der Waals surface area contributed by atoms with E-state index < -0.39 is 24.2 Å². The lowest BCUT2D eigenvalue weighted by molar-refractivity contribution is -0.140. The van der Waals surface area contributed by atoms with Crippen molar-refractivity contribution < 1.29 is 22.2 Å². The fourth-order valence-electron chi connectivity index (χ4n) is 2.62. The SMILES string of the molecule is Cc1cnc(-c2c[nH]c3ncc(Cl)cc23)nc1NC(C)(C)C(=O)NCC(F)(F)F.[HH].[HH].[HH]. The average Bonchev–Trinajstić information content (AvgIpc) is 3.03. The number of pyridine rings is 1. The molecule has 0 aliphatic heterocycles. The van der Waals surface area contributed by atoms with Gasteiger partial charge >= 0.3 is 6.18 Å². The van der Waals surface area contributed by atoms with Crippen molar-refractivity contribution in [2.75, 3.05) is 11.9 Å². The molecule has 3 aromatic rings. The van der Waals surface area contributed by atoms with E-state index in [1.54, 1.807) is 25.4 Å². The van der Waals surface area contributed by atoms with Crippen LogP contribution in [-0.4, -0.2) is 44.1 Å². The molecule has 0 atom stereocenters. The Balaban J connectivity index is 0.00000320. The molecular formula is C18H24ClF3N6O. The summed E-state index contributed by atoms with van der Waals surface area (Å²) >= 11 is 6.02. The summed E-state index contributed by atoms with van der Waals surface area (Å²) in [7, 11) is 0. The van der Waals surface area contributed by atoms with E-state index in [2.05, 4.69) is 25.3 Å². The lowest BCUT2D eigenvalue weighted by atomic mass is 10.0. The minimum atomic E-state index is -4.49. The molecule has 29 heavy (non-hydrogen) atoms. The Labute approximate surface area is 173 Å². The van der Waals surface area contributed by atoms with E-state index in [0.717, 1.165) is 5.39 Å². The van der Waals surface area contributed by atoms with Crippen LogP contribution in [0.5, 0.6) is 0 Å². The van der Waals surface area contributed by atoms with Gasteiger partial charge in [-0.05, 0) is 26.8 Å². The van der Waals surface area contributed by atoms with Gasteiger partial charge in [-0.1, -0.05) is 11.6 Å². The predicted molar refractivity (Wildman–Crippen MR) is 110 cm³/mol. The average molecular weight is 433 g/mol. The molecule has 0 spiro atoms. The van der Waals surface area contributed by atoms with Gasteiger partial charge in [0.1, 0.15) is 23.5 Å². The van der Waals surface area contributed by atoms with Crippen molar-refractivity contribution in [2.45, 2.75) is 32.5 Å². The summed E-state index contributed by atoms with van der Waals surface area (Å²) in [5, 5.41) is 5.95. The molecule has 0 saturated heterocycles. The summed E-state index contributed by atoms with van der Waals surface area (Å²) in [5.74, 6) is -0.135. The summed E-state index contributed by atoms with van der Waals surface area (Å²) in [6.45, 7) is 3.25. The number of hydrogen-bond donors (Lipinski definition) is 3. The van der Waals surface area contributed by atoms with Gasteiger partial charge in [-0.25, -0.2) is 15.0 Å². The predicted octanol–water partition coefficient (Wildman–Crippen LogP) is 4.59. The number of carbonyl (C=O) groups excluding carboxylic acids is 1. The first-order valence-electron chi connectivity index (χ1n) is 8.56. The van der Waals surface area contributed by atoms with Gasteiger partial charge in [0.15, 0.2) is 5.82 Å². The van der Waals surface area contributed by atoms with Gasteiger partial charge in [0, 0.05) is 39.4 Å². The highest BCUT2D eigenvalue weighted by atomic mass is 35.5. The largest absolute Gasteiger partial charge is 0.405 e. The van der Waals surface area contributed by atoms with Crippen LogP contribution >= 0.6 is 11.6 Å². The molecule has 3 heterocycles. The molecule has 11 heteroatoms. The van der Waals surface area contributed by atoms with Crippen molar-refractivity contribution in [3.63, 3.8) is 0 Å². The second-order valence-electron chi connectivity index (χ2n) is 7.03. The number of fused-ring (bicyclic) bond motifs is 1. The number of anilines is 1. The number of rotatable bonds is 5. The van der Waals surface area contributed by atoms with Gasteiger partial charge in [0.25, 0.3) is 0 Å². The number of hydrogen-bond acceptors (Lipinski definition) is 5. The highest BCUT2D eigenvalue weighted by Crippen LogP contribution is 2.29. The number of aryl methyl sites for hydroxylation is 1. The lowest BCUT2D eigenvalue weighted by Crippen LogP contribution is -2.50. The molecule has 3 N–H and O–H groups in total. The fraction of sp³-hybridized carbons (Fsp3) is 0.333. The molecule has 0 aliphatic carbocycles. The first kappa shape index (κ1) is 20.8. The van der Waals surface area contributed by atoms with Crippen LogP contribution in [-0.2, 0) is 4.79 Å². The monoisotopic (exact) mass is 432 g/mol. The number of amides is 1. The van der Waals surface area contributed by atoms with E-state index in [0.29, 0.717) is 33.4 Å². The quantitative estimate of drug-likeness (QED) is 0.548. The molecule has 3 rings (SSSR count). The molecule has 0 radical (unpaired) electrons. The number of alkyl halides is 3. The molecule has 160 valence electrons. The molecule has 1 amide bonds. The van der Waals surface area contributed by atoms with Gasteiger partial charge in [0.2, 0.25) is 5.91 Å². The Morgan fingerprint density at radius 3 is 2.69 bits per heavy atom.